The number of benzene rings is 2. The Bertz CT molecular complexity index is 694. The Hall–Kier alpha value is -1.79. The zero-order chi connectivity index (χ0) is 18.2. The third kappa shape index (κ3) is 8.63. The van der Waals surface area contributed by atoms with Gasteiger partial charge in [-0.15, -0.1) is 24.8 Å². The number of anilines is 1. The average molecular weight is 414 g/mol. The minimum atomic E-state index is -0.703. The van der Waals surface area contributed by atoms with Crippen molar-refractivity contribution in [2.45, 2.75) is 19.4 Å². The van der Waals surface area contributed by atoms with Gasteiger partial charge in [0, 0.05) is 18.3 Å². The smallest absolute Gasteiger partial charge is 0.245 e. The number of hydrogen-bond acceptors (Lipinski definition) is 4. The van der Waals surface area contributed by atoms with E-state index in [4.69, 9.17) is 10.5 Å². The molecule has 0 spiro atoms. The largest absolute Gasteiger partial charge is 0.493 e. The first-order valence-corrected chi connectivity index (χ1v) is 8.46. The van der Waals surface area contributed by atoms with Gasteiger partial charge in [0.25, 0.3) is 0 Å². The highest BCUT2D eigenvalue weighted by molar-refractivity contribution is 5.95. The number of nitrogens with one attached hydrogen (secondary N) is 1. The van der Waals surface area contributed by atoms with Crippen molar-refractivity contribution >= 4 is 36.4 Å². The number of carbonyl (C=O) groups excluding carboxylic acids is 1. The Balaban J connectivity index is 0.00000338. The number of carbonyl (C=O) groups is 1. The summed E-state index contributed by atoms with van der Waals surface area (Å²) in [6.07, 6.45) is 0.946. The van der Waals surface area contributed by atoms with Crippen molar-refractivity contribution in [1.82, 2.24) is 4.90 Å². The average Bonchev–Trinajstić information content (AvgIpc) is 2.59. The molecule has 2 aromatic carbocycles. The second kappa shape index (κ2) is 12.6. The van der Waals surface area contributed by atoms with E-state index in [1.807, 2.05) is 69.6 Å². The van der Waals surface area contributed by atoms with Gasteiger partial charge in [-0.05, 0) is 45.1 Å². The molecule has 0 aliphatic carbocycles. The van der Waals surface area contributed by atoms with E-state index in [1.165, 1.54) is 0 Å². The Kier molecular flexibility index (Phi) is 11.7. The van der Waals surface area contributed by atoms with Crippen molar-refractivity contribution in [3.8, 4) is 5.75 Å². The van der Waals surface area contributed by atoms with Crippen molar-refractivity contribution in [2.75, 3.05) is 32.6 Å². The maximum atomic E-state index is 12.4. The third-order valence-corrected chi connectivity index (χ3v) is 3.84. The summed E-state index contributed by atoms with van der Waals surface area (Å²) in [5, 5.41) is 2.85. The lowest BCUT2D eigenvalue weighted by Crippen LogP contribution is -2.27. The highest BCUT2D eigenvalue weighted by Gasteiger charge is 2.15. The third-order valence-electron chi connectivity index (χ3n) is 3.84. The molecule has 2 rings (SSSR count). The standard InChI is InChI=1S/C20H27N3O2.2ClH/c1-15-8-10-16(11-9-15)19(21)20(24)22-17-6-4-7-18(14-17)25-13-5-12-23(2)3;;/h4,6-11,14,19H,5,12-13,21H2,1-3H3,(H,22,24);2*1H. The second-order valence-corrected chi connectivity index (χ2v) is 6.41. The van der Waals surface area contributed by atoms with Crippen molar-refractivity contribution in [3.05, 3.63) is 59.7 Å². The number of halogens is 2. The van der Waals surface area contributed by atoms with Gasteiger partial charge in [-0.3, -0.25) is 4.79 Å². The quantitative estimate of drug-likeness (QED) is 0.645. The van der Waals surface area contributed by atoms with Gasteiger partial charge in [0.15, 0.2) is 0 Å². The molecule has 0 saturated heterocycles. The second-order valence-electron chi connectivity index (χ2n) is 6.41. The topological polar surface area (TPSA) is 67.6 Å². The molecule has 0 radical (unpaired) electrons. The fourth-order valence-corrected chi connectivity index (χ4v) is 2.38. The fraction of sp³-hybridized carbons (Fsp3) is 0.350. The van der Waals surface area contributed by atoms with E-state index in [0.29, 0.717) is 12.3 Å². The first-order chi connectivity index (χ1) is 12.0. The van der Waals surface area contributed by atoms with Crippen LogP contribution in [-0.4, -0.2) is 38.1 Å². The zero-order valence-corrected chi connectivity index (χ0v) is 17.6. The van der Waals surface area contributed by atoms with Gasteiger partial charge in [0.05, 0.1) is 6.61 Å². The van der Waals surface area contributed by atoms with E-state index in [1.54, 1.807) is 0 Å². The summed E-state index contributed by atoms with van der Waals surface area (Å²) in [6.45, 7) is 3.61. The van der Waals surface area contributed by atoms with Crippen LogP contribution in [0.5, 0.6) is 5.75 Å². The SMILES string of the molecule is Cc1ccc(C(N)C(=O)Nc2cccc(OCCCN(C)C)c2)cc1.Cl.Cl. The first kappa shape index (κ1) is 25.2. The fourth-order valence-electron chi connectivity index (χ4n) is 2.38. The molecule has 150 valence electrons. The summed E-state index contributed by atoms with van der Waals surface area (Å²) in [5.41, 5.74) is 8.66. The molecule has 1 unspecified atom stereocenters. The molecule has 0 aliphatic rings. The molecule has 1 amide bonds. The number of nitrogens with zero attached hydrogens (tertiary/aromatic N) is 1. The van der Waals surface area contributed by atoms with Gasteiger partial charge < -0.3 is 20.7 Å². The van der Waals surface area contributed by atoms with Crippen LogP contribution in [0.4, 0.5) is 5.69 Å². The van der Waals surface area contributed by atoms with Gasteiger partial charge in [-0.1, -0.05) is 35.9 Å². The molecular formula is C20H29Cl2N3O2. The van der Waals surface area contributed by atoms with Crippen molar-refractivity contribution < 1.29 is 9.53 Å². The summed E-state index contributed by atoms with van der Waals surface area (Å²) in [5.74, 6) is 0.495. The Labute approximate surface area is 174 Å². The highest BCUT2D eigenvalue weighted by atomic mass is 35.5. The number of ether oxygens (including phenoxy) is 1. The lowest BCUT2D eigenvalue weighted by Gasteiger charge is -2.14. The van der Waals surface area contributed by atoms with Gasteiger partial charge in [0.1, 0.15) is 11.8 Å². The van der Waals surface area contributed by atoms with E-state index in [-0.39, 0.29) is 30.7 Å². The van der Waals surface area contributed by atoms with Crippen molar-refractivity contribution in [2.24, 2.45) is 5.73 Å². The molecule has 1 atom stereocenters. The van der Waals surface area contributed by atoms with Crippen LogP contribution in [0.25, 0.3) is 0 Å². The van der Waals surface area contributed by atoms with Crippen molar-refractivity contribution in [3.63, 3.8) is 0 Å². The number of nitrogens with two attached hydrogens (primary N) is 1. The first-order valence-electron chi connectivity index (χ1n) is 8.46. The van der Waals surface area contributed by atoms with Crippen LogP contribution >= 0.6 is 24.8 Å². The maximum absolute atomic E-state index is 12.4. The molecule has 0 aromatic heterocycles. The molecule has 0 fully saturated rings. The van der Waals surface area contributed by atoms with Crippen LogP contribution in [0.3, 0.4) is 0 Å². The predicted molar refractivity (Wildman–Crippen MR) is 116 cm³/mol. The number of amides is 1. The van der Waals surface area contributed by atoms with Crippen LogP contribution in [0.15, 0.2) is 48.5 Å². The lowest BCUT2D eigenvalue weighted by molar-refractivity contribution is -0.117. The molecular weight excluding hydrogens is 385 g/mol. The minimum Gasteiger partial charge on any atom is -0.493 e. The van der Waals surface area contributed by atoms with Crippen LogP contribution in [0, 0.1) is 6.92 Å². The van der Waals surface area contributed by atoms with Gasteiger partial charge in [0.2, 0.25) is 5.91 Å². The molecule has 0 saturated carbocycles. The molecule has 27 heavy (non-hydrogen) atoms. The summed E-state index contributed by atoms with van der Waals surface area (Å²) >= 11 is 0. The van der Waals surface area contributed by atoms with Gasteiger partial charge in [-0.2, -0.15) is 0 Å². The molecule has 3 N–H and O–H groups in total. The number of hydrogen-bond donors (Lipinski definition) is 2. The summed E-state index contributed by atoms with van der Waals surface area (Å²) in [4.78, 5) is 14.5. The van der Waals surface area contributed by atoms with Crippen LogP contribution in [0.1, 0.15) is 23.6 Å². The summed E-state index contributed by atoms with van der Waals surface area (Å²) in [7, 11) is 4.07. The highest BCUT2D eigenvalue weighted by Crippen LogP contribution is 2.19. The molecule has 7 heteroatoms. The minimum absolute atomic E-state index is 0. The molecule has 2 aromatic rings. The van der Waals surface area contributed by atoms with E-state index in [2.05, 4.69) is 10.2 Å². The zero-order valence-electron chi connectivity index (χ0n) is 16.0. The number of rotatable bonds is 8. The van der Waals surface area contributed by atoms with Crippen molar-refractivity contribution in [1.29, 1.82) is 0 Å². The molecule has 0 bridgehead atoms. The van der Waals surface area contributed by atoms with E-state index < -0.39 is 6.04 Å². The Morgan fingerprint density at radius 1 is 1.15 bits per heavy atom. The van der Waals surface area contributed by atoms with Crippen LogP contribution in [0.2, 0.25) is 0 Å². The van der Waals surface area contributed by atoms with E-state index >= 15 is 0 Å². The number of aryl methyl sites for hydroxylation is 1. The van der Waals surface area contributed by atoms with Crippen LogP contribution < -0.4 is 15.8 Å². The normalized spacial score (nSPS) is 11.1. The van der Waals surface area contributed by atoms with E-state index in [9.17, 15) is 4.79 Å². The Morgan fingerprint density at radius 2 is 1.81 bits per heavy atom. The molecule has 0 aliphatic heterocycles. The summed E-state index contributed by atoms with van der Waals surface area (Å²) in [6, 6.07) is 14.3. The Morgan fingerprint density at radius 3 is 2.44 bits per heavy atom. The van der Waals surface area contributed by atoms with Gasteiger partial charge in [-0.25, -0.2) is 0 Å². The molecule has 0 heterocycles. The van der Waals surface area contributed by atoms with Crippen LogP contribution in [-0.2, 0) is 4.79 Å². The summed E-state index contributed by atoms with van der Waals surface area (Å²) < 4.78 is 5.73. The lowest BCUT2D eigenvalue weighted by atomic mass is 10.1. The maximum Gasteiger partial charge on any atom is 0.245 e. The monoisotopic (exact) mass is 413 g/mol. The predicted octanol–water partition coefficient (Wildman–Crippen LogP) is 3.81. The molecule has 5 nitrogen and oxygen atoms in total. The van der Waals surface area contributed by atoms with E-state index in [0.717, 1.165) is 29.8 Å². The van der Waals surface area contributed by atoms with Gasteiger partial charge >= 0.3 is 0 Å².